The van der Waals surface area contributed by atoms with Crippen LogP contribution in [0.1, 0.15) is 37.3 Å². The van der Waals surface area contributed by atoms with Crippen LogP contribution in [-0.4, -0.2) is 0 Å². The molecule has 0 fully saturated rings. The number of rotatable bonds is 2. The second kappa shape index (κ2) is 4.60. The van der Waals surface area contributed by atoms with Gasteiger partial charge in [0.15, 0.2) is 0 Å². The molecule has 0 N–H and O–H groups in total. The Morgan fingerprint density at radius 3 is 2.65 bits per heavy atom. The van der Waals surface area contributed by atoms with Gasteiger partial charge < -0.3 is 0 Å². The molecular formula is C15H16N2. The van der Waals surface area contributed by atoms with Crippen molar-refractivity contribution in [2.75, 3.05) is 0 Å². The van der Waals surface area contributed by atoms with Crippen LogP contribution in [0.25, 0.3) is 0 Å². The number of nitrogens with zero attached hydrogens (tertiary/aromatic N) is 2. The number of nitriles is 2. The standard InChI is InChI=1S/C15H16N2/c1-2-15(13(10-16)11-17)9-5-7-12-6-3-4-8-14(12)15/h3-4,6,8,13H,2,5,7,9H2,1H3. The van der Waals surface area contributed by atoms with Gasteiger partial charge >= 0.3 is 0 Å². The van der Waals surface area contributed by atoms with E-state index in [0.29, 0.717) is 0 Å². The number of benzene rings is 1. The third-order valence-corrected chi connectivity index (χ3v) is 4.06. The van der Waals surface area contributed by atoms with E-state index >= 15 is 0 Å². The molecule has 1 atom stereocenters. The molecule has 2 rings (SSSR count). The second-order valence-corrected chi connectivity index (χ2v) is 4.71. The van der Waals surface area contributed by atoms with Crippen LogP contribution in [0.4, 0.5) is 0 Å². The fraction of sp³-hybridized carbons (Fsp3) is 0.467. The number of hydrogen-bond donors (Lipinski definition) is 0. The fourth-order valence-corrected chi connectivity index (χ4v) is 3.10. The quantitative estimate of drug-likeness (QED) is 0.773. The molecule has 0 heterocycles. The minimum atomic E-state index is -0.533. The third-order valence-electron chi connectivity index (χ3n) is 4.06. The first-order valence-corrected chi connectivity index (χ1v) is 6.16. The highest BCUT2D eigenvalue weighted by Crippen LogP contribution is 2.45. The summed E-state index contributed by atoms with van der Waals surface area (Å²) in [5.74, 6) is -0.533. The molecule has 1 aromatic carbocycles. The summed E-state index contributed by atoms with van der Waals surface area (Å²) in [7, 11) is 0. The van der Waals surface area contributed by atoms with Crippen molar-refractivity contribution in [3.05, 3.63) is 35.4 Å². The largest absolute Gasteiger partial charge is 0.197 e. The van der Waals surface area contributed by atoms with Crippen molar-refractivity contribution in [3.8, 4) is 12.1 Å². The molecular weight excluding hydrogens is 208 g/mol. The van der Waals surface area contributed by atoms with E-state index in [4.69, 9.17) is 0 Å². The van der Waals surface area contributed by atoms with Gasteiger partial charge in [0.05, 0.1) is 12.1 Å². The molecule has 0 bridgehead atoms. The van der Waals surface area contributed by atoms with E-state index < -0.39 is 5.92 Å². The third kappa shape index (κ3) is 1.71. The molecule has 0 spiro atoms. The molecule has 0 saturated carbocycles. The summed E-state index contributed by atoms with van der Waals surface area (Å²) in [6.07, 6.45) is 3.95. The molecule has 0 aromatic heterocycles. The van der Waals surface area contributed by atoms with Gasteiger partial charge in [0.2, 0.25) is 0 Å². The zero-order valence-electron chi connectivity index (χ0n) is 10.1. The topological polar surface area (TPSA) is 47.6 Å². The predicted octanol–water partition coefficient (Wildman–Crippen LogP) is 3.33. The van der Waals surface area contributed by atoms with Gasteiger partial charge in [-0.05, 0) is 36.8 Å². The Balaban J connectivity index is 2.58. The van der Waals surface area contributed by atoms with Crippen LogP contribution >= 0.6 is 0 Å². The van der Waals surface area contributed by atoms with Crippen molar-refractivity contribution in [3.63, 3.8) is 0 Å². The van der Waals surface area contributed by atoms with Crippen LogP contribution in [-0.2, 0) is 11.8 Å². The Morgan fingerprint density at radius 2 is 2.00 bits per heavy atom. The molecule has 86 valence electrons. The molecule has 1 unspecified atom stereocenters. The van der Waals surface area contributed by atoms with E-state index in [9.17, 15) is 10.5 Å². The summed E-state index contributed by atoms with van der Waals surface area (Å²) < 4.78 is 0. The molecule has 0 saturated heterocycles. The lowest BCUT2D eigenvalue weighted by molar-refractivity contribution is 0.306. The van der Waals surface area contributed by atoms with E-state index in [-0.39, 0.29) is 5.41 Å². The highest BCUT2D eigenvalue weighted by atomic mass is 14.5. The maximum atomic E-state index is 9.23. The average molecular weight is 224 g/mol. The normalized spacial score (nSPS) is 22.6. The number of aryl methyl sites for hydroxylation is 1. The molecule has 1 aliphatic carbocycles. The maximum absolute atomic E-state index is 9.23. The Bertz CT molecular complexity index is 478. The predicted molar refractivity (Wildman–Crippen MR) is 66.1 cm³/mol. The van der Waals surface area contributed by atoms with Gasteiger partial charge in [-0.2, -0.15) is 10.5 Å². The van der Waals surface area contributed by atoms with Crippen molar-refractivity contribution < 1.29 is 0 Å². The van der Waals surface area contributed by atoms with Crippen LogP contribution in [0.15, 0.2) is 24.3 Å². The number of hydrogen-bond acceptors (Lipinski definition) is 2. The maximum Gasteiger partial charge on any atom is 0.142 e. The summed E-state index contributed by atoms with van der Waals surface area (Å²) in [5.41, 5.74) is 2.29. The molecule has 0 radical (unpaired) electrons. The Kier molecular flexibility index (Phi) is 3.16. The van der Waals surface area contributed by atoms with Gasteiger partial charge in [0.25, 0.3) is 0 Å². The minimum absolute atomic E-state index is 0.252. The second-order valence-electron chi connectivity index (χ2n) is 4.71. The summed E-state index contributed by atoms with van der Waals surface area (Å²) in [5, 5.41) is 18.5. The van der Waals surface area contributed by atoms with Gasteiger partial charge in [-0.1, -0.05) is 31.2 Å². The number of fused-ring (bicyclic) bond motifs is 1. The Morgan fingerprint density at radius 1 is 1.29 bits per heavy atom. The zero-order chi connectivity index (χ0) is 12.3. The van der Waals surface area contributed by atoms with Crippen LogP contribution in [0, 0.1) is 28.6 Å². The van der Waals surface area contributed by atoms with Crippen LogP contribution < -0.4 is 0 Å². The smallest absolute Gasteiger partial charge is 0.142 e. The molecule has 2 nitrogen and oxygen atoms in total. The van der Waals surface area contributed by atoms with Gasteiger partial charge in [-0.25, -0.2) is 0 Å². The van der Waals surface area contributed by atoms with Crippen molar-refractivity contribution >= 4 is 0 Å². The van der Waals surface area contributed by atoms with Crippen LogP contribution in [0.5, 0.6) is 0 Å². The lowest BCUT2D eigenvalue weighted by atomic mass is 9.62. The first-order valence-electron chi connectivity index (χ1n) is 6.16. The van der Waals surface area contributed by atoms with Crippen molar-refractivity contribution in [2.45, 2.75) is 38.0 Å². The Labute approximate surface area is 102 Å². The zero-order valence-corrected chi connectivity index (χ0v) is 10.1. The molecule has 17 heavy (non-hydrogen) atoms. The summed E-state index contributed by atoms with van der Waals surface area (Å²) >= 11 is 0. The van der Waals surface area contributed by atoms with Gasteiger partial charge in [-0.3, -0.25) is 0 Å². The van der Waals surface area contributed by atoms with E-state index in [1.165, 1.54) is 11.1 Å². The Hall–Kier alpha value is -1.80. The monoisotopic (exact) mass is 224 g/mol. The molecule has 0 aliphatic heterocycles. The lowest BCUT2D eigenvalue weighted by Crippen LogP contribution is -2.37. The van der Waals surface area contributed by atoms with E-state index in [1.807, 2.05) is 12.1 Å². The lowest BCUT2D eigenvalue weighted by Gasteiger charge is -2.39. The van der Waals surface area contributed by atoms with E-state index in [1.54, 1.807) is 0 Å². The summed E-state index contributed by atoms with van der Waals surface area (Å²) in [6, 6.07) is 12.7. The van der Waals surface area contributed by atoms with Gasteiger partial charge in [0, 0.05) is 5.41 Å². The minimum Gasteiger partial charge on any atom is -0.197 e. The first-order chi connectivity index (χ1) is 8.28. The van der Waals surface area contributed by atoms with E-state index in [2.05, 4.69) is 31.2 Å². The van der Waals surface area contributed by atoms with Crippen LogP contribution in [0.3, 0.4) is 0 Å². The summed E-state index contributed by atoms with van der Waals surface area (Å²) in [4.78, 5) is 0. The highest BCUT2D eigenvalue weighted by molar-refractivity contribution is 5.40. The molecule has 2 heteroatoms. The van der Waals surface area contributed by atoms with Crippen molar-refractivity contribution in [1.29, 1.82) is 10.5 Å². The van der Waals surface area contributed by atoms with Crippen LogP contribution in [0.2, 0.25) is 0 Å². The van der Waals surface area contributed by atoms with Gasteiger partial charge in [0.1, 0.15) is 5.92 Å². The van der Waals surface area contributed by atoms with Crippen molar-refractivity contribution in [1.82, 2.24) is 0 Å². The van der Waals surface area contributed by atoms with Crippen molar-refractivity contribution in [2.24, 2.45) is 5.92 Å². The fourth-order valence-electron chi connectivity index (χ4n) is 3.10. The first kappa shape index (κ1) is 11.7. The molecule has 0 amide bonds. The summed E-state index contributed by atoms with van der Waals surface area (Å²) in [6.45, 7) is 2.09. The SMILES string of the molecule is CCC1(C(C#N)C#N)CCCc2ccccc21. The average Bonchev–Trinajstić information content (AvgIpc) is 2.40. The highest BCUT2D eigenvalue weighted by Gasteiger charge is 2.42. The van der Waals surface area contributed by atoms with Gasteiger partial charge in [-0.15, -0.1) is 0 Å². The molecule has 1 aliphatic rings. The molecule has 1 aromatic rings. The van der Waals surface area contributed by atoms with E-state index in [0.717, 1.165) is 25.7 Å².